The quantitative estimate of drug-likeness (QED) is 0.749. The third-order valence-corrected chi connectivity index (χ3v) is 2.16. The second kappa shape index (κ2) is 4.23. The van der Waals surface area contributed by atoms with Gasteiger partial charge in [-0.15, -0.1) is 0 Å². The van der Waals surface area contributed by atoms with Gasteiger partial charge >= 0.3 is 0 Å². The molecule has 0 amide bonds. The van der Waals surface area contributed by atoms with E-state index in [9.17, 15) is 4.79 Å². The molecule has 1 rings (SSSR count). The molecule has 0 radical (unpaired) electrons. The summed E-state index contributed by atoms with van der Waals surface area (Å²) < 4.78 is 1.64. The molecule has 0 saturated heterocycles. The number of rotatable bonds is 3. The maximum atomic E-state index is 11.3. The van der Waals surface area contributed by atoms with Gasteiger partial charge in [0.25, 0.3) is 5.56 Å². The Morgan fingerprint density at radius 3 is 2.69 bits per heavy atom. The summed E-state index contributed by atoms with van der Waals surface area (Å²) in [7, 11) is 0. The summed E-state index contributed by atoms with van der Waals surface area (Å²) in [6.45, 7) is 4.70. The lowest BCUT2D eigenvalue weighted by molar-refractivity contribution is 0.428. The molecule has 0 fully saturated rings. The highest BCUT2D eigenvalue weighted by Crippen LogP contribution is 1.99. The van der Waals surface area contributed by atoms with Crippen LogP contribution in [0.1, 0.15) is 13.8 Å². The topological polar surface area (TPSA) is 48.0 Å². The number of pyridine rings is 1. The fourth-order valence-corrected chi connectivity index (χ4v) is 1.05. The predicted octanol–water partition coefficient (Wildman–Crippen LogP) is 0.832. The maximum Gasteiger partial charge on any atom is 0.250 e. The van der Waals surface area contributed by atoms with Crippen molar-refractivity contribution in [3.63, 3.8) is 0 Å². The Hall–Kier alpha value is -1.09. The number of hydrogen-bond acceptors (Lipinski definition) is 2. The van der Waals surface area contributed by atoms with Gasteiger partial charge in [-0.3, -0.25) is 4.79 Å². The van der Waals surface area contributed by atoms with E-state index in [0.717, 1.165) is 0 Å². The number of nitrogens with two attached hydrogens (primary N) is 1. The van der Waals surface area contributed by atoms with Gasteiger partial charge in [0.1, 0.15) is 0 Å². The molecule has 0 aromatic carbocycles. The molecule has 0 saturated carbocycles. The molecule has 0 spiro atoms. The van der Waals surface area contributed by atoms with Crippen molar-refractivity contribution >= 4 is 0 Å². The van der Waals surface area contributed by atoms with Crippen molar-refractivity contribution in [2.75, 3.05) is 0 Å². The standard InChI is InChI=1S/C10H16N2O/c1-8(2)9(11)7-12-6-4-3-5-10(12)13/h3-6,8-9H,7,11H2,1-2H3/t9-/m1/s1. The lowest BCUT2D eigenvalue weighted by Gasteiger charge is -2.16. The van der Waals surface area contributed by atoms with Crippen LogP contribution in [0.15, 0.2) is 29.2 Å². The minimum Gasteiger partial charge on any atom is -0.326 e. The second-order valence-corrected chi connectivity index (χ2v) is 3.60. The van der Waals surface area contributed by atoms with Gasteiger partial charge in [-0.25, -0.2) is 0 Å². The smallest absolute Gasteiger partial charge is 0.250 e. The van der Waals surface area contributed by atoms with Crippen molar-refractivity contribution in [1.29, 1.82) is 0 Å². The van der Waals surface area contributed by atoms with Gasteiger partial charge in [0.05, 0.1) is 0 Å². The van der Waals surface area contributed by atoms with Crippen LogP contribution in [-0.2, 0) is 6.54 Å². The molecule has 1 aromatic heterocycles. The normalized spacial score (nSPS) is 13.2. The minimum absolute atomic E-state index is 0.0126. The SMILES string of the molecule is CC(C)[C@H](N)Cn1ccccc1=O. The van der Waals surface area contributed by atoms with Crippen molar-refractivity contribution in [2.24, 2.45) is 11.7 Å². The van der Waals surface area contributed by atoms with E-state index in [1.165, 1.54) is 0 Å². The third kappa shape index (κ3) is 2.70. The maximum absolute atomic E-state index is 11.3. The first kappa shape index (κ1) is 9.99. The van der Waals surface area contributed by atoms with Gasteiger partial charge in [0.15, 0.2) is 0 Å². The van der Waals surface area contributed by atoms with E-state index in [1.54, 1.807) is 22.9 Å². The Morgan fingerprint density at radius 1 is 1.46 bits per heavy atom. The van der Waals surface area contributed by atoms with Crippen LogP contribution in [0.4, 0.5) is 0 Å². The summed E-state index contributed by atoms with van der Waals surface area (Å²) >= 11 is 0. The molecule has 3 nitrogen and oxygen atoms in total. The summed E-state index contributed by atoms with van der Waals surface area (Å²) in [5.41, 5.74) is 5.87. The number of aromatic nitrogens is 1. The van der Waals surface area contributed by atoms with Crippen molar-refractivity contribution in [3.05, 3.63) is 34.7 Å². The molecule has 1 atom stereocenters. The number of nitrogens with zero attached hydrogens (tertiary/aromatic N) is 1. The summed E-state index contributed by atoms with van der Waals surface area (Å²) in [6, 6.07) is 5.17. The zero-order valence-corrected chi connectivity index (χ0v) is 8.10. The first-order valence-electron chi connectivity index (χ1n) is 4.52. The summed E-state index contributed by atoms with van der Waals surface area (Å²) in [5, 5.41) is 0. The molecule has 1 heterocycles. The Balaban J connectivity index is 2.75. The Bertz CT molecular complexity index is 317. The van der Waals surface area contributed by atoms with Gasteiger partial charge in [0, 0.05) is 24.8 Å². The van der Waals surface area contributed by atoms with Crippen molar-refractivity contribution in [2.45, 2.75) is 26.4 Å². The zero-order chi connectivity index (χ0) is 9.84. The summed E-state index contributed by atoms with van der Waals surface area (Å²) in [4.78, 5) is 11.3. The molecule has 0 aliphatic carbocycles. The fraction of sp³-hybridized carbons (Fsp3) is 0.500. The van der Waals surface area contributed by atoms with Crippen LogP contribution in [0.2, 0.25) is 0 Å². The van der Waals surface area contributed by atoms with E-state index in [4.69, 9.17) is 5.73 Å². The first-order chi connectivity index (χ1) is 6.11. The molecule has 72 valence electrons. The fourth-order valence-electron chi connectivity index (χ4n) is 1.05. The highest BCUT2D eigenvalue weighted by atomic mass is 16.1. The average Bonchev–Trinajstić information content (AvgIpc) is 2.08. The van der Waals surface area contributed by atoms with Gasteiger partial charge < -0.3 is 10.3 Å². The molecular weight excluding hydrogens is 164 g/mol. The lowest BCUT2D eigenvalue weighted by atomic mass is 10.1. The predicted molar refractivity (Wildman–Crippen MR) is 53.5 cm³/mol. The number of hydrogen-bond donors (Lipinski definition) is 1. The van der Waals surface area contributed by atoms with Crippen LogP contribution in [0.25, 0.3) is 0 Å². The summed E-state index contributed by atoms with van der Waals surface area (Å²) in [5.74, 6) is 0.395. The van der Waals surface area contributed by atoms with Crippen molar-refractivity contribution < 1.29 is 0 Å². The van der Waals surface area contributed by atoms with Crippen LogP contribution < -0.4 is 11.3 Å². The van der Waals surface area contributed by atoms with E-state index < -0.39 is 0 Å². The minimum atomic E-state index is 0.0126. The van der Waals surface area contributed by atoms with Gasteiger partial charge in [-0.2, -0.15) is 0 Å². The van der Waals surface area contributed by atoms with Crippen LogP contribution in [0.5, 0.6) is 0 Å². The lowest BCUT2D eigenvalue weighted by Crippen LogP contribution is -2.35. The molecule has 0 aliphatic heterocycles. The highest BCUT2D eigenvalue weighted by molar-refractivity contribution is 4.93. The molecule has 3 heteroatoms. The van der Waals surface area contributed by atoms with Crippen LogP contribution >= 0.6 is 0 Å². The van der Waals surface area contributed by atoms with Crippen molar-refractivity contribution in [3.8, 4) is 0 Å². The first-order valence-corrected chi connectivity index (χ1v) is 4.52. The van der Waals surface area contributed by atoms with Crippen LogP contribution in [0.3, 0.4) is 0 Å². The molecular formula is C10H16N2O. The summed E-state index contributed by atoms with van der Waals surface area (Å²) in [6.07, 6.45) is 1.77. The molecule has 0 aliphatic rings. The molecule has 13 heavy (non-hydrogen) atoms. The molecule has 2 N–H and O–H groups in total. The van der Waals surface area contributed by atoms with Crippen LogP contribution in [-0.4, -0.2) is 10.6 Å². The monoisotopic (exact) mass is 180 g/mol. The van der Waals surface area contributed by atoms with E-state index in [2.05, 4.69) is 13.8 Å². The van der Waals surface area contributed by atoms with Gasteiger partial charge in [0.2, 0.25) is 0 Å². The third-order valence-electron chi connectivity index (χ3n) is 2.16. The van der Waals surface area contributed by atoms with E-state index in [1.807, 2.05) is 6.07 Å². The zero-order valence-electron chi connectivity index (χ0n) is 8.10. The average molecular weight is 180 g/mol. The molecule has 1 aromatic rings. The Morgan fingerprint density at radius 2 is 2.15 bits per heavy atom. The van der Waals surface area contributed by atoms with E-state index in [0.29, 0.717) is 12.5 Å². The van der Waals surface area contributed by atoms with Gasteiger partial charge in [-0.05, 0) is 12.0 Å². The van der Waals surface area contributed by atoms with Crippen LogP contribution in [0, 0.1) is 5.92 Å². The largest absolute Gasteiger partial charge is 0.326 e. The Kier molecular flexibility index (Phi) is 3.25. The molecule has 0 bridgehead atoms. The van der Waals surface area contributed by atoms with E-state index >= 15 is 0 Å². The Labute approximate surface area is 78.2 Å². The van der Waals surface area contributed by atoms with E-state index in [-0.39, 0.29) is 11.6 Å². The second-order valence-electron chi connectivity index (χ2n) is 3.60. The molecule has 0 unspecified atom stereocenters. The highest BCUT2D eigenvalue weighted by Gasteiger charge is 2.08. The van der Waals surface area contributed by atoms with Crippen molar-refractivity contribution in [1.82, 2.24) is 4.57 Å². The van der Waals surface area contributed by atoms with Gasteiger partial charge in [-0.1, -0.05) is 19.9 Å².